The smallest absolute Gasteiger partial charge is 0.222 e. The molecule has 2 aromatic carbocycles. The van der Waals surface area contributed by atoms with Crippen molar-refractivity contribution in [1.82, 2.24) is 19.9 Å². The fourth-order valence-corrected chi connectivity index (χ4v) is 3.36. The number of fused-ring (bicyclic) bond motifs is 1. The van der Waals surface area contributed by atoms with E-state index in [1.807, 2.05) is 28.8 Å². The zero-order valence-corrected chi connectivity index (χ0v) is 15.6. The van der Waals surface area contributed by atoms with Crippen LogP contribution in [0, 0.1) is 0 Å². The van der Waals surface area contributed by atoms with Crippen LogP contribution < -0.4 is 5.32 Å². The van der Waals surface area contributed by atoms with E-state index < -0.39 is 0 Å². The molecule has 0 spiro atoms. The number of hydrogen-bond acceptors (Lipinski definition) is 5. The normalized spacial score (nSPS) is 11.1. The first-order valence-electron chi connectivity index (χ1n) is 8.03. The summed E-state index contributed by atoms with van der Waals surface area (Å²) in [5.41, 5.74) is 2.69. The van der Waals surface area contributed by atoms with Gasteiger partial charge in [-0.15, -0.1) is 0 Å². The van der Waals surface area contributed by atoms with Crippen LogP contribution in [-0.4, -0.2) is 25.8 Å². The summed E-state index contributed by atoms with van der Waals surface area (Å²) in [4.78, 5) is 16.1. The van der Waals surface area contributed by atoms with Crippen molar-refractivity contribution < 1.29 is 9.42 Å². The van der Waals surface area contributed by atoms with Crippen molar-refractivity contribution in [3.63, 3.8) is 0 Å². The average Bonchev–Trinajstić information content (AvgIpc) is 3.22. The molecule has 0 bridgehead atoms. The number of carbonyl (C=O) groups is 1. The molecule has 0 aliphatic heterocycles. The van der Waals surface area contributed by atoms with E-state index in [4.69, 9.17) is 27.8 Å². The van der Waals surface area contributed by atoms with Gasteiger partial charge in [-0.25, -0.2) is 9.61 Å². The second-order valence-corrected chi connectivity index (χ2v) is 6.67. The Bertz CT molecular complexity index is 1130. The van der Waals surface area contributed by atoms with Gasteiger partial charge >= 0.3 is 0 Å². The van der Waals surface area contributed by atoms with E-state index in [1.165, 1.54) is 6.92 Å². The highest BCUT2D eigenvalue weighted by Gasteiger charge is 2.22. The molecule has 9 heteroatoms. The summed E-state index contributed by atoms with van der Waals surface area (Å²) < 4.78 is 6.74. The predicted octanol–water partition coefficient (Wildman–Crippen LogP) is 4.40. The number of aromatic nitrogens is 4. The Balaban J connectivity index is 1.91. The fraction of sp³-hybridized carbons (Fsp3) is 0.111. The Labute approximate surface area is 163 Å². The number of anilines is 1. The molecule has 136 valence electrons. The molecule has 0 radical (unpaired) electrons. The van der Waals surface area contributed by atoms with Gasteiger partial charge in [0.15, 0.2) is 11.5 Å². The Morgan fingerprint density at radius 2 is 1.85 bits per heavy atom. The molecule has 0 aliphatic carbocycles. The van der Waals surface area contributed by atoms with Crippen molar-refractivity contribution >= 4 is 46.0 Å². The number of amides is 1. The molecule has 0 fully saturated rings. The summed E-state index contributed by atoms with van der Waals surface area (Å²) >= 11 is 12.7. The van der Waals surface area contributed by atoms with Crippen molar-refractivity contribution in [2.45, 2.75) is 13.5 Å². The van der Waals surface area contributed by atoms with Gasteiger partial charge in [0.1, 0.15) is 0 Å². The number of benzene rings is 2. The molecule has 7 nitrogen and oxygen atoms in total. The van der Waals surface area contributed by atoms with Crippen molar-refractivity contribution in [1.29, 1.82) is 0 Å². The van der Waals surface area contributed by atoms with Gasteiger partial charge in [-0.2, -0.15) is 0 Å². The highest BCUT2D eigenvalue weighted by molar-refractivity contribution is 6.36. The lowest BCUT2D eigenvalue weighted by Crippen LogP contribution is -2.09. The first-order valence-corrected chi connectivity index (χ1v) is 8.79. The van der Waals surface area contributed by atoms with E-state index in [-0.39, 0.29) is 11.7 Å². The summed E-state index contributed by atoms with van der Waals surface area (Å²) in [5.74, 6) is 0.394. The lowest BCUT2D eigenvalue weighted by molar-refractivity contribution is -0.114. The fourth-order valence-electron chi connectivity index (χ4n) is 2.84. The van der Waals surface area contributed by atoms with E-state index in [2.05, 4.69) is 20.6 Å². The van der Waals surface area contributed by atoms with Crippen LogP contribution in [0.15, 0.2) is 47.1 Å². The molecule has 4 rings (SSSR count). The van der Waals surface area contributed by atoms with Gasteiger partial charge in [-0.1, -0.05) is 41.4 Å². The Morgan fingerprint density at radius 3 is 2.59 bits per heavy atom. The van der Waals surface area contributed by atoms with Gasteiger partial charge in [0.2, 0.25) is 11.7 Å². The molecule has 0 atom stereocenters. The highest BCUT2D eigenvalue weighted by Crippen LogP contribution is 2.32. The summed E-state index contributed by atoms with van der Waals surface area (Å²) in [6.45, 7) is 1.74. The third-order valence-electron chi connectivity index (χ3n) is 4.03. The molecule has 0 saturated carbocycles. The number of nitrogens with zero attached hydrogens (tertiary/aromatic N) is 4. The predicted molar refractivity (Wildman–Crippen MR) is 103 cm³/mol. The zero-order chi connectivity index (χ0) is 19.0. The first-order chi connectivity index (χ1) is 13.0. The van der Waals surface area contributed by atoms with Crippen LogP contribution in [0.1, 0.15) is 12.5 Å². The van der Waals surface area contributed by atoms with E-state index in [0.717, 1.165) is 16.6 Å². The van der Waals surface area contributed by atoms with Crippen molar-refractivity contribution in [3.05, 3.63) is 58.1 Å². The number of carbonyl (C=O) groups excluding carboxylic acids is 1. The maximum Gasteiger partial charge on any atom is 0.222 e. The molecule has 4 aromatic rings. The zero-order valence-electron chi connectivity index (χ0n) is 14.1. The summed E-state index contributed by atoms with van der Waals surface area (Å²) in [6.07, 6.45) is 0. The van der Waals surface area contributed by atoms with E-state index in [0.29, 0.717) is 28.1 Å². The molecule has 27 heavy (non-hydrogen) atoms. The van der Waals surface area contributed by atoms with Gasteiger partial charge in [0.05, 0.1) is 17.6 Å². The summed E-state index contributed by atoms with van der Waals surface area (Å²) in [5, 5.41) is 11.4. The summed E-state index contributed by atoms with van der Waals surface area (Å²) in [6, 6.07) is 13.0. The third-order valence-corrected chi connectivity index (χ3v) is 4.74. The SMILES string of the molecule is CC(=O)Nc1nonc1-c1nc2ccccc2n1Cc1c(Cl)cccc1Cl. The quantitative estimate of drug-likeness (QED) is 0.547. The molecule has 1 N–H and O–H groups in total. The minimum Gasteiger partial charge on any atom is -0.318 e. The van der Waals surface area contributed by atoms with Gasteiger partial charge in [-0.3, -0.25) is 4.79 Å². The number of nitrogens with one attached hydrogen (secondary N) is 1. The van der Waals surface area contributed by atoms with Crippen LogP contribution >= 0.6 is 23.2 Å². The minimum absolute atomic E-state index is 0.198. The van der Waals surface area contributed by atoms with Crippen LogP contribution in [0.4, 0.5) is 5.82 Å². The van der Waals surface area contributed by atoms with Crippen molar-refractivity contribution in [2.75, 3.05) is 5.32 Å². The van der Waals surface area contributed by atoms with Crippen molar-refractivity contribution in [2.24, 2.45) is 0 Å². The number of hydrogen-bond donors (Lipinski definition) is 1. The van der Waals surface area contributed by atoms with Gasteiger partial charge < -0.3 is 9.88 Å². The standard InChI is InChI=1S/C18H13Cl2N5O2/c1-10(26)21-17-16(23-27-24-17)18-22-14-7-2-3-8-15(14)25(18)9-11-12(19)5-4-6-13(11)20/h2-8H,9H2,1H3,(H,21,24,26). The van der Waals surface area contributed by atoms with Crippen LogP contribution in [-0.2, 0) is 11.3 Å². The Kier molecular flexibility index (Phi) is 4.55. The number of halogens is 2. The molecule has 2 heterocycles. The van der Waals surface area contributed by atoms with Gasteiger partial charge in [-0.05, 0) is 34.6 Å². The minimum atomic E-state index is -0.288. The van der Waals surface area contributed by atoms with Crippen LogP contribution in [0.2, 0.25) is 10.0 Å². The van der Waals surface area contributed by atoms with Crippen LogP contribution in [0.3, 0.4) is 0 Å². The lowest BCUT2D eigenvalue weighted by Gasteiger charge is -2.11. The molecular formula is C18H13Cl2N5O2. The second-order valence-electron chi connectivity index (χ2n) is 5.85. The van der Waals surface area contributed by atoms with Crippen molar-refractivity contribution in [3.8, 4) is 11.5 Å². The number of para-hydroxylation sites is 2. The molecule has 0 aliphatic rings. The highest BCUT2D eigenvalue weighted by atomic mass is 35.5. The first kappa shape index (κ1) is 17.5. The number of imidazole rings is 1. The molecular weight excluding hydrogens is 389 g/mol. The maximum atomic E-state index is 11.4. The monoisotopic (exact) mass is 401 g/mol. The van der Waals surface area contributed by atoms with E-state index in [1.54, 1.807) is 18.2 Å². The topological polar surface area (TPSA) is 85.8 Å². The molecule has 2 aromatic heterocycles. The Morgan fingerprint density at radius 1 is 1.11 bits per heavy atom. The number of rotatable bonds is 4. The van der Waals surface area contributed by atoms with Gasteiger partial charge in [0.25, 0.3) is 0 Å². The molecule has 0 saturated heterocycles. The summed E-state index contributed by atoms with van der Waals surface area (Å²) in [7, 11) is 0. The Hall–Kier alpha value is -2.90. The van der Waals surface area contributed by atoms with Crippen LogP contribution in [0.5, 0.6) is 0 Å². The average molecular weight is 402 g/mol. The second kappa shape index (κ2) is 7.02. The third kappa shape index (κ3) is 3.27. The van der Waals surface area contributed by atoms with Gasteiger partial charge in [0, 0.05) is 22.5 Å². The lowest BCUT2D eigenvalue weighted by atomic mass is 10.2. The van der Waals surface area contributed by atoms with E-state index in [9.17, 15) is 4.79 Å². The van der Waals surface area contributed by atoms with Crippen LogP contribution in [0.25, 0.3) is 22.6 Å². The molecule has 0 unspecified atom stereocenters. The maximum absolute atomic E-state index is 11.4. The molecule has 1 amide bonds. The van der Waals surface area contributed by atoms with E-state index >= 15 is 0 Å². The largest absolute Gasteiger partial charge is 0.318 e.